The molecule has 1 aliphatic heterocycles. The molecule has 0 aliphatic carbocycles. The molecule has 0 N–H and O–H groups in total. The monoisotopic (exact) mass is 155 g/mol. The molecule has 1 rings (SSSR count). The first-order valence-electron chi connectivity index (χ1n) is 3.14. The van der Waals surface area contributed by atoms with Crippen LogP contribution in [0.3, 0.4) is 0 Å². The van der Waals surface area contributed by atoms with Crippen LogP contribution in [-0.4, -0.2) is 11.6 Å². The first kappa shape index (κ1) is 7.89. The molecule has 0 aromatic carbocycles. The molecule has 0 spiro atoms. The highest BCUT2D eigenvalue weighted by Crippen LogP contribution is 2.15. The second-order valence-electron chi connectivity index (χ2n) is 2.22. The van der Waals surface area contributed by atoms with Crippen LogP contribution in [0.15, 0.2) is 35.2 Å². The molecule has 0 aromatic heterocycles. The molecule has 0 fully saturated rings. The summed E-state index contributed by atoms with van der Waals surface area (Å²) in [6, 6.07) is 0. The van der Waals surface area contributed by atoms with Crippen LogP contribution in [0, 0.1) is 0 Å². The molecule has 58 valence electrons. The molecule has 0 saturated heterocycles. The molecule has 11 heavy (non-hydrogen) atoms. The maximum absolute atomic E-state index is 12.5. The molecule has 0 unspecified atom stereocenters. The molecule has 0 bridgehead atoms. The van der Waals surface area contributed by atoms with Gasteiger partial charge in [-0.3, -0.25) is 4.99 Å². The van der Waals surface area contributed by atoms with E-state index in [1.807, 2.05) is 0 Å². The maximum Gasteiger partial charge on any atom is 0.287 e. The fraction of sp³-hybridized carbons (Fsp3) is 0.250. The van der Waals surface area contributed by atoms with E-state index in [2.05, 4.69) is 10.7 Å². The van der Waals surface area contributed by atoms with Crippen LogP contribution < -0.4 is 0 Å². The SMILES string of the molecule is CC(F)(F)C1=NC=CC=C=C1. The van der Waals surface area contributed by atoms with Gasteiger partial charge in [-0.25, -0.2) is 0 Å². The highest BCUT2D eigenvalue weighted by molar-refractivity contribution is 6.00. The number of nitrogens with zero attached hydrogens (tertiary/aromatic N) is 1. The van der Waals surface area contributed by atoms with Gasteiger partial charge < -0.3 is 0 Å². The van der Waals surface area contributed by atoms with E-state index in [0.717, 1.165) is 6.92 Å². The Balaban J connectivity index is 2.97. The number of hydrogen-bond acceptors (Lipinski definition) is 1. The Labute approximate surface area is 63.4 Å². The zero-order valence-electron chi connectivity index (χ0n) is 6.01. The van der Waals surface area contributed by atoms with E-state index >= 15 is 0 Å². The van der Waals surface area contributed by atoms with Crippen molar-refractivity contribution < 1.29 is 8.78 Å². The van der Waals surface area contributed by atoms with Crippen LogP contribution in [0.1, 0.15) is 6.92 Å². The molecule has 1 heterocycles. The standard InChI is InChI=1S/C8H7F2N/c1-8(9,10)7-5-3-2-4-6-11-7/h2,4-6H,1H3. The Morgan fingerprint density at radius 3 is 2.91 bits per heavy atom. The molecule has 1 aliphatic rings. The predicted molar refractivity (Wildman–Crippen MR) is 39.8 cm³/mol. The second-order valence-corrected chi connectivity index (χ2v) is 2.22. The summed E-state index contributed by atoms with van der Waals surface area (Å²) in [6.45, 7) is 0.809. The Kier molecular flexibility index (Phi) is 2.01. The Bertz CT molecular complexity index is 262. The lowest BCUT2D eigenvalue weighted by molar-refractivity contribution is 0.102. The third kappa shape index (κ3) is 2.13. The van der Waals surface area contributed by atoms with E-state index in [4.69, 9.17) is 0 Å². The summed E-state index contributed by atoms with van der Waals surface area (Å²) in [5.41, 5.74) is 2.29. The normalized spacial score (nSPS) is 16.5. The summed E-state index contributed by atoms with van der Waals surface area (Å²) in [6.07, 6.45) is 5.58. The van der Waals surface area contributed by atoms with Crippen molar-refractivity contribution in [3.05, 3.63) is 30.2 Å². The Morgan fingerprint density at radius 2 is 2.27 bits per heavy atom. The lowest BCUT2D eigenvalue weighted by Gasteiger charge is -2.07. The van der Waals surface area contributed by atoms with Crippen molar-refractivity contribution in [3.63, 3.8) is 0 Å². The van der Waals surface area contributed by atoms with E-state index in [0.29, 0.717) is 0 Å². The van der Waals surface area contributed by atoms with E-state index in [9.17, 15) is 8.78 Å². The molecule has 0 atom stereocenters. The summed E-state index contributed by atoms with van der Waals surface area (Å²) in [5.74, 6) is -2.88. The van der Waals surface area contributed by atoms with Gasteiger partial charge in [-0.1, -0.05) is 0 Å². The second kappa shape index (κ2) is 2.81. The van der Waals surface area contributed by atoms with E-state index in [1.165, 1.54) is 18.4 Å². The minimum absolute atomic E-state index is 0.262. The molecule has 0 radical (unpaired) electrons. The van der Waals surface area contributed by atoms with Gasteiger partial charge in [-0.15, -0.1) is 5.73 Å². The van der Waals surface area contributed by atoms with E-state index in [-0.39, 0.29) is 5.71 Å². The lowest BCUT2D eigenvalue weighted by Crippen LogP contribution is -2.21. The average molecular weight is 155 g/mol. The first-order valence-corrected chi connectivity index (χ1v) is 3.14. The molecular weight excluding hydrogens is 148 g/mol. The van der Waals surface area contributed by atoms with Gasteiger partial charge in [0.2, 0.25) is 0 Å². The van der Waals surface area contributed by atoms with Gasteiger partial charge in [0.05, 0.1) is 0 Å². The smallest absolute Gasteiger partial charge is 0.254 e. The number of halogens is 2. The van der Waals surface area contributed by atoms with Gasteiger partial charge in [-0.2, -0.15) is 8.78 Å². The number of aliphatic imine (C=N–C) groups is 1. The van der Waals surface area contributed by atoms with Gasteiger partial charge in [-0.05, 0) is 12.2 Å². The number of allylic oxidation sites excluding steroid dienone is 2. The molecule has 0 aromatic rings. The fourth-order valence-corrected chi connectivity index (χ4v) is 0.626. The fourth-order valence-electron chi connectivity index (χ4n) is 0.626. The van der Waals surface area contributed by atoms with Crippen LogP contribution in [0.25, 0.3) is 0 Å². The summed E-state index contributed by atoms with van der Waals surface area (Å²) in [7, 11) is 0. The van der Waals surface area contributed by atoms with Crippen LogP contribution in [0.4, 0.5) is 8.78 Å². The molecule has 0 amide bonds. The van der Waals surface area contributed by atoms with E-state index in [1.54, 1.807) is 6.08 Å². The summed E-state index contributed by atoms with van der Waals surface area (Å²) in [4.78, 5) is 3.53. The number of hydrogen-bond donors (Lipinski definition) is 0. The molecule has 1 nitrogen and oxygen atoms in total. The van der Waals surface area contributed by atoms with Crippen LogP contribution >= 0.6 is 0 Å². The zero-order valence-corrected chi connectivity index (χ0v) is 6.01. The predicted octanol–water partition coefficient (Wildman–Crippen LogP) is 2.32. The third-order valence-corrected chi connectivity index (χ3v) is 1.16. The van der Waals surface area contributed by atoms with Gasteiger partial charge in [0, 0.05) is 19.2 Å². The molecular formula is C8H7F2N. The minimum atomic E-state index is -2.88. The van der Waals surface area contributed by atoms with Gasteiger partial charge in [0.1, 0.15) is 5.71 Å². The Hall–Kier alpha value is -1.21. The lowest BCUT2D eigenvalue weighted by atomic mass is 10.2. The van der Waals surface area contributed by atoms with Crippen LogP contribution in [0.5, 0.6) is 0 Å². The summed E-state index contributed by atoms with van der Waals surface area (Å²) in [5, 5.41) is 0. The quantitative estimate of drug-likeness (QED) is 0.515. The minimum Gasteiger partial charge on any atom is -0.254 e. The Morgan fingerprint density at radius 1 is 1.55 bits per heavy atom. The summed E-state index contributed by atoms with van der Waals surface area (Å²) < 4.78 is 25.1. The van der Waals surface area contributed by atoms with Crippen molar-refractivity contribution >= 4 is 5.71 Å². The van der Waals surface area contributed by atoms with Crippen molar-refractivity contribution in [1.82, 2.24) is 0 Å². The van der Waals surface area contributed by atoms with Crippen molar-refractivity contribution in [1.29, 1.82) is 0 Å². The van der Waals surface area contributed by atoms with Gasteiger partial charge in [0.15, 0.2) is 0 Å². The largest absolute Gasteiger partial charge is 0.287 e. The van der Waals surface area contributed by atoms with Crippen LogP contribution in [0.2, 0.25) is 0 Å². The van der Waals surface area contributed by atoms with Crippen LogP contribution in [-0.2, 0) is 0 Å². The first-order chi connectivity index (χ1) is 5.11. The average Bonchev–Trinajstić information content (AvgIpc) is 2.10. The number of alkyl halides is 2. The highest BCUT2D eigenvalue weighted by Gasteiger charge is 2.27. The van der Waals surface area contributed by atoms with Crippen molar-refractivity contribution in [3.8, 4) is 0 Å². The highest BCUT2D eigenvalue weighted by atomic mass is 19.3. The van der Waals surface area contributed by atoms with Gasteiger partial charge >= 0.3 is 0 Å². The molecule has 3 heteroatoms. The topological polar surface area (TPSA) is 12.4 Å². The summed E-state index contributed by atoms with van der Waals surface area (Å²) >= 11 is 0. The number of rotatable bonds is 1. The van der Waals surface area contributed by atoms with Gasteiger partial charge in [0.25, 0.3) is 5.92 Å². The third-order valence-electron chi connectivity index (χ3n) is 1.16. The van der Waals surface area contributed by atoms with Crippen molar-refractivity contribution in [2.24, 2.45) is 4.99 Å². The van der Waals surface area contributed by atoms with Crippen molar-refractivity contribution in [2.45, 2.75) is 12.8 Å². The maximum atomic E-state index is 12.5. The van der Waals surface area contributed by atoms with Crippen molar-refractivity contribution in [2.75, 3.05) is 0 Å². The zero-order chi connectivity index (χ0) is 8.32. The molecule has 0 saturated carbocycles. The van der Waals surface area contributed by atoms with E-state index < -0.39 is 5.92 Å².